The van der Waals surface area contributed by atoms with Crippen molar-refractivity contribution in [2.24, 2.45) is 7.05 Å². The van der Waals surface area contributed by atoms with Crippen LogP contribution in [0, 0.1) is 0 Å². The summed E-state index contributed by atoms with van der Waals surface area (Å²) in [6, 6.07) is 7.20. The first-order valence-corrected chi connectivity index (χ1v) is 4.61. The number of hydrogen-bond acceptors (Lipinski definition) is 3. The van der Waals surface area contributed by atoms with Crippen molar-refractivity contribution in [2.75, 3.05) is 0 Å². The average Bonchev–Trinajstić information content (AvgIpc) is 2.61. The van der Waals surface area contributed by atoms with Gasteiger partial charge in [-0.3, -0.25) is 9.48 Å². The summed E-state index contributed by atoms with van der Waals surface area (Å²) < 4.78 is 7.10. The molecule has 3 rings (SSSR count). The van der Waals surface area contributed by atoms with Crippen LogP contribution < -0.4 is 5.43 Å². The maximum absolute atomic E-state index is 12.0. The molecule has 0 aliphatic rings. The zero-order valence-corrected chi connectivity index (χ0v) is 8.10. The molecule has 4 heteroatoms. The van der Waals surface area contributed by atoms with Gasteiger partial charge in [0.2, 0.25) is 5.43 Å². The molecule has 4 nitrogen and oxygen atoms in total. The van der Waals surface area contributed by atoms with Gasteiger partial charge in [-0.1, -0.05) is 12.1 Å². The number of fused-ring (bicyclic) bond motifs is 2. The quantitative estimate of drug-likeness (QED) is 0.554. The lowest BCUT2D eigenvalue weighted by atomic mass is 10.2. The summed E-state index contributed by atoms with van der Waals surface area (Å²) in [6.45, 7) is 0. The first-order valence-electron chi connectivity index (χ1n) is 4.61. The molecule has 0 bridgehead atoms. The van der Waals surface area contributed by atoms with E-state index in [-0.39, 0.29) is 5.43 Å². The van der Waals surface area contributed by atoms with Crippen molar-refractivity contribution < 1.29 is 4.42 Å². The second-order valence-electron chi connectivity index (χ2n) is 3.41. The number of para-hydroxylation sites is 1. The minimum atomic E-state index is -0.0353. The Morgan fingerprint density at radius 2 is 2.07 bits per heavy atom. The molecule has 0 aliphatic heterocycles. The third-order valence-electron chi connectivity index (χ3n) is 2.47. The highest BCUT2D eigenvalue weighted by Gasteiger charge is 2.10. The van der Waals surface area contributed by atoms with Crippen LogP contribution in [0.5, 0.6) is 0 Å². The van der Waals surface area contributed by atoms with Gasteiger partial charge in [-0.25, -0.2) is 0 Å². The first-order chi connectivity index (χ1) is 7.27. The average molecular weight is 200 g/mol. The van der Waals surface area contributed by atoms with Crippen LogP contribution in [-0.2, 0) is 7.05 Å². The molecule has 1 aromatic carbocycles. The minimum Gasteiger partial charge on any atom is -0.452 e. The van der Waals surface area contributed by atoms with Gasteiger partial charge in [0, 0.05) is 7.05 Å². The van der Waals surface area contributed by atoms with Crippen LogP contribution in [0.25, 0.3) is 22.1 Å². The Hall–Kier alpha value is -2.10. The molecular weight excluding hydrogens is 192 g/mol. The van der Waals surface area contributed by atoms with E-state index in [0.29, 0.717) is 22.1 Å². The van der Waals surface area contributed by atoms with Crippen LogP contribution >= 0.6 is 0 Å². The Balaban J connectivity index is 2.69. The Bertz CT molecular complexity index is 709. The Labute approximate surface area is 84.7 Å². The van der Waals surface area contributed by atoms with E-state index >= 15 is 0 Å². The van der Waals surface area contributed by atoms with Crippen LogP contribution in [0.15, 0.2) is 39.7 Å². The van der Waals surface area contributed by atoms with E-state index in [0.717, 1.165) is 0 Å². The summed E-state index contributed by atoms with van der Waals surface area (Å²) in [5.74, 6) is 0. The summed E-state index contributed by atoms with van der Waals surface area (Å²) in [4.78, 5) is 12.0. The number of aromatic nitrogens is 2. The molecule has 0 fully saturated rings. The standard InChI is InChI=1S/C11H8N2O2/c1-13-10-9(6-12-13)15-8-5-3-2-4-7(8)11(10)14/h2-6H,1H3. The molecule has 0 spiro atoms. The fraction of sp³-hybridized carbons (Fsp3) is 0.0909. The van der Waals surface area contributed by atoms with Crippen molar-refractivity contribution in [3.05, 3.63) is 40.7 Å². The number of nitrogens with zero attached hydrogens (tertiary/aromatic N) is 2. The van der Waals surface area contributed by atoms with Gasteiger partial charge in [-0.2, -0.15) is 5.10 Å². The predicted molar refractivity (Wildman–Crippen MR) is 56.8 cm³/mol. The van der Waals surface area contributed by atoms with Gasteiger partial charge in [0.1, 0.15) is 5.58 Å². The van der Waals surface area contributed by atoms with E-state index in [2.05, 4.69) is 5.10 Å². The molecule has 3 aromatic rings. The topological polar surface area (TPSA) is 48.0 Å². The van der Waals surface area contributed by atoms with Crippen LogP contribution in [-0.4, -0.2) is 9.78 Å². The molecule has 0 saturated carbocycles. The molecule has 2 aromatic heterocycles. The van der Waals surface area contributed by atoms with Gasteiger partial charge in [0.25, 0.3) is 0 Å². The summed E-state index contributed by atoms with van der Waals surface area (Å²) in [6.07, 6.45) is 1.56. The van der Waals surface area contributed by atoms with E-state index in [1.54, 1.807) is 25.4 Å². The molecule has 0 amide bonds. The van der Waals surface area contributed by atoms with Crippen LogP contribution in [0.2, 0.25) is 0 Å². The van der Waals surface area contributed by atoms with Crippen molar-refractivity contribution >= 4 is 22.1 Å². The highest BCUT2D eigenvalue weighted by Crippen LogP contribution is 2.16. The monoisotopic (exact) mass is 200 g/mol. The van der Waals surface area contributed by atoms with Gasteiger partial charge < -0.3 is 4.42 Å². The molecule has 2 heterocycles. The maximum Gasteiger partial charge on any atom is 0.218 e. The molecule has 0 radical (unpaired) electrons. The highest BCUT2D eigenvalue weighted by molar-refractivity contribution is 5.87. The molecule has 0 unspecified atom stereocenters. The Morgan fingerprint density at radius 1 is 1.27 bits per heavy atom. The fourth-order valence-electron chi connectivity index (χ4n) is 1.74. The molecule has 74 valence electrons. The van der Waals surface area contributed by atoms with Crippen LogP contribution in [0.3, 0.4) is 0 Å². The van der Waals surface area contributed by atoms with Gasteiger partial charge in [-0.05, 0) is 12.1 Å². The lowest BCUT2D eigenvalue weighted by Crippen LogP contribution is -2.06. The second kappa shape index (κ2) is 2.70. The van der Waals surface area contributed by atoms with Crippen molar-refractivity contribution in [3.63, 3.8) is 0 Å². The summed E-state index contributed by atoms with van der Waals surface area (Å²) in [7, 11) is 1.73. The Kier molecular flexibility index (Phi) is 1.48. The predicted octanol–water partition coefficient (Wildman–Crippen LogP) is 1.68. The molecular formula is C11H8N2O2. The number of benzene rings is 1. The zero-order chi connectivity index (χ0) is 10.4. The van der Waals surface area contributed by atoms with Gasteiger partial charge in [-0.15, -0.1) is 0 Å². The molecule has 0 N–H and O–H groups in total. The summed E-state index contributed by atoms with van der Waals surface area (Å²) in [5, 5.41) is 4.59. The van der Waals surface area contributed by atoms with E-state index in [1.165, 1.54) is 4.68 Å². The lowest BCUT2D eigenvalue weighted by Gasteiger charge is -1.97. The second-order valence-corrected chi connectivity index (χ2v) is 3.41. The summed E-state index contributed by atoms with van der Waals surface area (Å²) >= 11 is 0. The van der Waals surface area contributed by atoms with Crippen molar-refractivity contribution in [1.29, 1.82) is 0 Å². The smallest absolute Gasteiger partial charge is 0.218 e. The maximum atomic E-state index is 12.0. The van der Waals surface area contributed by atoms with Crippen LogP contribution in [0.1, 0.15) is 0 Å². The molecule has 0 saturated heterocycles. The zero-order valence-electron chi connectivity index (χ0n) is 8.10. The third-order valence-corrected chi connectivity index (χ3v) is 2.47. The van der Waals surface area contributed by atoms with E-state index in [9.17, 15) is 4.79 Å². The van der Waals surface area contributed by atoms with Crippen LogP contribution in [0.4, 0.5) is 0 Å². The van der Waals surface area contributed by atoms with Crippen molar-refractivity contribution in [3.8, 4) is 0 Å². The van der Waals surface area contributed by atoms with Crippen molar-refractivity contribution in [2.45, 2.75) is 0 Å². The fourth-order valence-corrected chi connectivity index (χ4v) is 1.74. The first kappa shape index (κ1) is 8.23. The van der Waals surface area contributed by atoms with Gasteiger partial charge >= 0.3 is 0 Å². The summed E-state index contributed by atoms with van der Waals surface area (Å²) in [5.41, 5.74) is 1.60. The van der Waals surface area contributed by atoms with Gasteiger partial charge in [0.15, 0.2) is 11.1 Å². The number of rotatable bonds is 0. The van der Waals surface area contributed by atoms with E-state index < -0.39 is 0 Å². The lowest BCUT2D eigenvalue weighted by molar-refractivity contribution is 0.659. The molecule has 0 atom stereocenters. The van der Waals surface area contributed by atoms with E-state index in [1.807, 2.05) is 12.1 Å². The molecule has 0 aliphatic carbocycles. The van der Waals surface area contributed by atoms with E-state index in [4.69, 9.17) is 4.42 Å². The molecule has 15 heavy (non-hydrogen) atoms. The third kappa shape index (κ3) is 1.01. The Morgan fingerprint density at radius 3 is 2.93 bits per heavy atom. The number of aryl methyl sites for hydroxylation is 1. The number of hydrogen-bond donors (Lipinski definition) is 0. The van der Waals surface area contributed by atoms with Crippen molar-refractivity contribution in [1.82, 2.24) is 9.78 Å². The normalized spacial score (nSPS) is 11.3. The SMILES string of the molecule is Cn1ncc2oc3ccccc3c(=O)c21. The van der Waals surface area contributed by atoms with Gasteiger partial charge in [0.05, 0.1) is 11.6 Å². The minimum absolute atomic E-state index is 0.0353. The largest absolute Gasteiger partial charge is 0.452 e. The highest BCUT2D eigenvalue weighted by atomic mass is 16.3.